The lowest BCUT2D eigenvalue weighted by molar-refractivity contribution is 0.184. The van der Waals surface area contributed by atoms with Crippen molar-refractivity contribution in [1.82, 2.24) is 4.98 Å². The number of fused-ring (bicyclic) bond motifs is 1. The predicted octanol–water partition coefficient (Wildman–Crippen LogP) is 3.84. The molecule has 1 aliphatic carbocycles. The third-order valence-electron chi connectivity index (χ3n) is 4.41. The summed E-state index contributed by atoms with van der Waals surface area (Å²) in [4.78, 5) is 4.38. The maximum absolute atomic E-state index is 6.73. The van der Waals surface area contributed by atoms with Gasteiger partial charge < -0.3 is 5.73 Å². The van der Waals surface area contributed by atoms with Crippen molar-refractivity contribution in [1.29, 1.82) is 0 Å². The van der Waals surface area contributed by atoms with E-state index in [0.29, 0.717) is 11.8 Å². The van der Waals surface area contributed by atoms with Gasteiger partial charge in [0.15, 0.2) is 0 Å². The van der Waals surface area contributed by atoms with Crippen LogP contribution < -0.4 is 5.73 Å². The van der Waals surface area contributed by atoms with Crippen LogP contribution in [0.3, 0.4) is 0 Å². The molecule has 0 spiro atoms. The lowest BCUT2D eigenvalue weighted by Gasteiger charge is -2.40. The third-order valence-corrected chi connectivity index (χ3v) is 4.41. The van der Waals surface area contributed by atoms with Crippen molar-refractivity contribution in [2.45, 2.75) is 38.6 Å². The van der Waals surface area contributed by atoms with Crippen LogP contribution in [0, 0.1) is 11.8 Å². The van der Waals surface area contributed by atoms with Crippen LogP contribution >= 0.6 is 0 Å². The second-order valence-electron chi connectivity index (χ2n) is 6.42. The standard InChI is InChI=1S/C17H22N2/c1-12-8-13(2)11-17(18,10-12)15-5-6-16-14(9-15)4-3-7-19-16/h3-7,9,12-13H,8,10-11,18H2,1-2H3. The molecule has 0 aliphatic heterocycles. The number of nitrogens with zero attached hydrogens (tertiary/aromatic N) is 1. The molecule has 100 valence electrons. The summed E-state index contributed by atoms with van der Waals surface area (Å²) in [6, 6.07) is 10.6. The third kappa shape index (κ3) is 2.37. The molecule has 2 heteroatoms. The Bertz CT molecular complexity index is 581. The molecular formula is C17H22N2. The average Bonchev–Trinajstić information content (AvgIpc) is 2.36. The Morgan fingerprint density at radius 1 is 1.16 bits per heavy atom. The van der Waals surface area contributed by atoms with Crippen molar-refractivity contribution in [2.75, 3.05) is 0 Å². The first-order valence-electron chi connectivity index (χ1n) is 7.21. The van der Waals surface area contributed by atoms with E-state index >= 15 is 0 Å². The number of hydrogen-bond donors (Lipinski definition) is 1. The minimum atomic E-state index is -0.166. The summed E-state index contributed by atoms with van der Waals surface area (Å²) >= 11 is 0. The molecule has 2 aromatic rings. The molecule has 2 nitrogen and oxygen atoms in total. The van der Waals surface area contributed by atoms with E-state index in [0.717, 1.165) is 18.4 Å². The summed E-state index contributed by atoms with van der Waals surface area (Å²) in [6.07, 6.45) is 5.31. The molecule has 2 N–H and O–H groups in total. The molecule has 0 amide bonds. The van der Waals surface area contributed by atoms with E-state index in [2.05, 4.69) is 43.1 Å². The fourth-order valence-electron chi connectivity index (χ4n) is 3.80. The van der Waals surface area contributed by atoms with E-state index in [1.165, 1.54) is 17.4 Å². The first-order valence-corrected chi connectivity index (χ1v) is 7.21. The van der Waals surface area contributed by atoms with Crippen molar-refractivity contribution >= 4 is 10.9 Å². The molecule has 1 heterocycles. The van der Waals surface area contributed by atoms with Gasteiger partial charge in [-0.05, 0) is 54.9 Å². The fraction of sp³-hybridized carbons (Fsp3) is 0.471. The monoisotopic (exact) mass is 254 g/mol. The number of rotatable bonds is 1. The lowest BCUT2D eigenvalue weighted by atomic mass is 9.69. The number of hydrogen-bond acceptors (Lipinski definition) is 2. The molecule has 1 fully saturated rings. The van der Waals surface area contributed by atoms with Crippen LogP contribution in [0.5, 0.6) is 0 Å². The molecule has 0 bridgehead atoms. The van der Waals surface area contributed by atoms with Crippen LogP contribution in [-0.2, 0) is 5.54 Å². The van der Waals surface area contributed by atoms with Gasteiger partial charge in [-0.3, -0.25) is 4.98 Å². The number of benzene rings is 1. The Morgan fingerprint density at radius 2 is 1.89 bits per heavy atom. The van der Waals surface area contributed by atoms with Crippen molar-refractivity contribution in [2.24, 2.45) is 17.6 Å². The van der Waals surface area contributed by atoms with Crippen molar-refractivity contribution in [3.63, 3.8) is 0 Å². The summed E-state index contributed by atoms with van der Waals surface area (Å²) in [7, 11) is 0. The van der Waals surface area contributed by atoms with Gasteiger partial charge in [0.25, 0.3) is 0 Å². The largest absolute Gasteiger partial charge is 0.321 e. The predicted molar refractivity (Wildman–Crippen MR) is 79.8 cm³/mol. The zero-order valence-electron chi connectivity index (χ0n) is 11.8. The van der Waals surface area contributed by atoms with Gasteiger partial charge in [0.05, 0.1) is 5.52 Å². The molecule has 1 saturated carbocycles. The maximum Gasteiger partial charge on any atom is 0.0702 e. The van der Waals surface area contributed by atoms with E-state index in [9.17, 15) is 0 Å². The molecule has 19 heavy (non-hydrogen) atoms. The molecule has 2 unspecified atom stereocenters. The van der Waals surface area contributed by atoms with Crippen molar-refractivity contribution < 1.29 is 0 Å². The fourth-order valence-corrected chi connectivity index (χ4v) is 3.80. The smallest absolute Gasteiger partial charge is 0.0702 e. The summed E-state index contributed by atoms with van der Waals surface area (Å²) in [6.45, 7) is 4.64. The van der Waals surface area contributed by atoms with E-state index in [-0.39, 0.29) is 5.54 Å². The zero-order chi connectivity index (χ0) is 13.5. The molecule has 1 aliphatic rings. The molecular weight excluding hydrogens is 232 g/mol. The minimum absolute atomic E-state index is 0.166. The van der Waals surface area contributed by atoms with Gasteiger partial charge in [-0.2, -0.15) is 0 Å². The second kappa shape index (κ2) is 4.61. The molecule has 0 saturated heterocycles. The number of nitrogens with two attached hydrogens (primary N) is 1. The SMILES string of the molecule is CC1CC(C)CC(N)(c2ccc3ncccc3c2)C1. The Morgan fingerprint density at radius 3 is 2.63 bits per heavy atom. The Kier molecular flexibility index (Phi) is 3.06. The average molecular weight is 254 g/mol. The second-order valence-corrected chi connectivity index (χ2v) is 6.42. The Hall–Kier alpha value is -1.41. The van der Waals surface area contributed by atoms with E-state index in [4.69, 9.17) is 5.73 Å². The number of pyridine rings is 1. The maximum atomic E-state index is 6.73. The van der Waals surface area contributed by atoms with Gasteiger partial charge in [0.1, 0.15) is 0 Å². The van der Waals surface area contributed by atoms with Gasteiger partial charge >= 0.3 is 0 Å². The summed E-state index contributed by atoms with van der Waals surface area (Å²) in [5.74, 6) is 1.41. The molecule has 1 aromatic carbocycles. The Balaban J connectivity index is 2.02. The topological polar surface area (TPSA) is 38.9 Å². The minimum Gasteiger partial charge on any atom is -0.321 e. The van der Waals surface area contributed by atoms with Crippen molar-refractivity contribution in [3.8, 4) is 0 Å². The zero-order valence-corrected chi connectivity index (χ0v) is 11.8. The van der Waals surface area contributed by atoms with E-state index < -0.39 is 0 Å². The van der Waals surface area contributed by atoms with Gasteiger partial charge in [0.2, 0.25) is 0 Å². The first-order chi connectivity index (χ1) is 9.07. The van der Waals surface area contributed by atoms with Gasteiger partial charge in [-0.15, -0.1) is 0 Å². The molecule has 2 atom stereocenters. The lowest BCUT2D eigenvalue weighted by Crippen LogP contribution is -2.43. The quantitative estimate of drug-likeness (QED) is 0.839. The van der Waals surface area contributed by atoms with Crippen LogP contribution in [0.25, 0.3) is 10.9 Å². The van der Waals surface area contributed by atoms with Crippen LogP contribution in [0.4, 0.5) is 0 Å². The summed E-state index contributed by atoms with van der Waals surface area (Å²) < 4.78 is 0. The summed E-state index contributed by atoms with van der Waals surface area (Å²) in [5, 5.41) is 1.19. The van der Waals surface area contributed by atoms with E-state index in [1.807, 2.05) is 12.3 Å². The van der Waals surface area contributed by atoms with Crippen LogP contribution in [0.2, 0.25) is 0 Å². The Labute approximate surface area is 115 Å². The molecule has 0 radical (unpaired) electrons. The summed E-state index contributed by atoms with van der Waals surface area (Å²) in [5.41, 5.74) is 8.88. The van der Waals surface area contributed by atoms with Crippen molar-refractivity contribution in [3.05, 3.63) is 42.1 Å². The van der Waals surface area contributed by atoms with Crippen LogP contribution in [0.15, 0.2) is 36.5 Å². The highest BCUT2D eigenvalue weighted by atomic mass is 14.8. The first kappa shape index (κ1) is 12.6. The molecule has 3 rings (SSSR count). The van der Waals surface area contributed by atoms with Gasteiger partial charge in [-0.25, -0.2) is 0 Å². The van der Waals surface area contributed by atoms with Gasteiger partial charge in [0, 0.05) is 17.1 Å². The highest BCUT2D eigenvalue weighted by Crippen LogP contribution is 2.41. The van der Waals surface area contributed by atoms with Gasteiger partial charge in [-0.1, -0.05) is 26.0 Å². The highest BCUT2D eigenvalue weighted by Gasteiger charge is 2.35. The highest BCUT2D eigenvalue weighted by molar-refractivity contribution is 5.79. The molecule has 1 aromatic heterocycles. The van der Waals surface area contributed by atoms with Crippen LogP contribution in [0.1, 0.15) is 38.7 Å². The van der Waals surface area contributed by atoms with Crippen LogP contribution in [-0.4, -0.2) is 4.98 Å². The van der Waals surface area contributed by atoms with E-state index in [1.54, 1.807) is 0 Å². The number of aromatic nitrogens is 1. The normalized spacial score (nSPS) is 31.5.